The number of hydrogen-bond donors (Lipinski definition) is 2. The van der Waals surface area contributed by atoms with E-state index in [1.165, 1.54) is 0 Å². The van der Waals surface area contributed by atoms with Crippen LogP contribution < -0.4 is 10.6 Å². The molecule has 6 heteroatoms. The molecular formula is C12H24ClN3O2. The molecule has 106 valence electrons. The Bertz CT molecular complexity index is 274. The van der Waals surface area contributed by atoms with Crippen molar-refractivity contribution in [2.24, 2.45) is 5.92 Å². The maximum Gasteiger partial charge on any atom is 0.225 e. The van der Waals surface area contributed by atoms with Gasteiger partial charge in [-0.15, -0.1) is 12.4 Å². The third-order valence-electron chi connectivity index (χ3n) is 2.99. The first-order valence-electron chi connectivity index (χ1n) is 6.45. The number of nitrogens with one attached hydrogen (secondary N) is 2. The van der Waals surface area contributed by atoms with E-state index in [2.05, 4.69) is 17.6 Å². The summed E-state index contributed by atoms with van der Waals surface area (Å²) in [5.41, 5.74) is 0. The molecular weight excluding hydrogens is 254 g/mol. The number of halogens is 1. The third-order valence-corrected chi connectivity index (χ3v) is 2.99. The summed E-state index contributed by atoms with van der Waals surface area (Å²) in [5, 5.41) is 6.09. The molecule has 5 nitrogen and oxygen atoms in total. The van der Waals surface area contributed by atoms with Gasteiger partial charge in [0.05, 0.1) is 5.92 Å². The molecule has 1 saturated heterocycles. The lowest BCUT2D eigenvalue weighted by Gasteiger charge is -2.13. The normalized spacial score (nSPS) is 18.7. The number of amides is 2. The van der Waals surface area contributed by atoms with Gasteiger partial charge >= 0.3 is 0 Å². The lowest BCUT2D eigenvalue weighted by molar-refractivity contribution is -0.128. The number of carbonyl (C=O) groups is 2. The summed E-state index contributed by atoms with van der Waals surface area (Å²) in [6, 6.07) is 0. The second-order valence-electron chi connectivity index (χ2n) is 4.37. The number of carbonyl (C=O) groups excluding carboxylic acids is 2. The highest BCUT2D eigenvalue weighted by Crippen LogP contribution is 2.17. The van der Waals surface area contributed by atoms with Crippen molar-refractivity contribution in [3.63, 3.8) is 0 Å². The van der Waals surface area contributed by atoms with E-state index in [0.29, 0.717) is 26.1 Å². The summed E-state index contributed by atoms with van der Waals surface area (Å²) in [5.74, 6) is -0.0574. The van der Waals surface area contributed by atoms with Gasteiger partial charge in [0.2, 0.25) is 11.8 Å². The molecule has 1 aliphatic rings. The van der Waals surface area contributed by atoms with Gasteiger partial charge in [-0.3, -0.25) is 9.59 Å². The van der Waals surface area contributed by atoms with Gasteiger partial charge in [-0.05, 0) is 19.9 Å². The first-order chi connectivity index (χ1) is 8.19. The molecule has 1 unspecified atom stereocenters. The molecule has 1 aliphatic heterocycles. The van der Waals surface area contributed by atoms with Crippen LogP contribution in [0, 0.1) is 5.92 Å². The highest BCUT2D eigenvalue weighted by molar-refractivity contribution is 5.89. The first-order valence-corrected chi connectivity index (χ1v) is 6.45. The molecule has 1 heterocycles. The van der Waals surface area contributed by atoms with Gasteiger partial charge in [-0.1, -0.05) is 6.92 Å². The molecule has 0 aromatic rings. The SMILES string of the molecule is CCCNCCNC(=O)C1CC(=O)N(CC)C1.Cl. The van der Waals surface area contributed by atoms with Crippen LogP contribution >= 0.6 is 12.4 Å². The van der Waals surface area contributed by atoms with E-state index in [1.807, 2.05) is 6.92 Å². The Morgan fingerprint density at radius 2 is 2.06 bits per heavy atom. The van der Waals surface area contributed by atoms with E-state index in [9.17, 15) is 9.59 Å². The summed E-state index contributed by atoms with van der Waals surface area (Å²) in [6.45, 7) is 7.71. The average Bonchev–Trinajstić information content (AvgIpc) is 2.70. The maximum absolute atomic E-state index is 11.8. The van der Waals surface area contributed by atoms with Crippen molar-refractivity contribution in [3.8, 4) is 0 Å². The maximum atomic E-state index is 11.8. The van der Waals surface area contributed by atoms with Crippen molar-refractivity contribution in [1.29, 1.82) is 0 Å². The van der Waals surface area contributed by atoms with Gasteiger partial charge in [-0.2, -0.15) is 0 Å². The van der Waals surface area contributed by atoms with Crippen LogP contribution in [-0.4, -0.2) is 49.4 Å². The van der Waals surface area contributed by atoms with Crippen LogP contribution in [-0.2, 0) is 9.59 Å². The standard InChI is InChI=1S/C12H23N3O2.ClH/c1-3-5-13-6-7-14-12(17)10-8-11(16)15(4-2)9-10;/h10,13H,3-9H2,1-2H3,(H,14,17);1H. The number of nitrogens with zero attached hydrogens (tertiary/aromatic N) is 1. The topological polar surface area (TPSA) is 61.4 Å². The highest BCUT2D eigenvalue weighted by Gasteiger charge is 2.32. The van der Waals surface area contributed by atoms with Crippen molar-refractivity contribution in [3.05, 3.63) is 0 Å². The van der Waals surface area contributed by atoms with Crippen molar-refractivity contribution < 1.29 is 9.59 Å². The zero-order valence-corrected chi connectivity index (χ0v) is 12.0. The van der Waals surface area contributed by atoms with E-state index in [4.69, 9.17) is 0 Å². The van der Waals surface area contributed by atoms with Crippen molar-refractivity contribution in [1.82, 2.24) is 15.5 Å². The molecule has 0 aromatic carbocycles. The van der Waals surface area contributed by atoms with Gasteiger partial charge in [0.15, 0.2) is 0 Å². The second-order valence-corrected chi connectivity index (χ2v) is 4.37. The van der Waals surface area contributed by atoms with Crippen LogP contribution in [0.2, 0.25) is 0 Å². The Kier molecular flexibility index (Phi) is 8.75. The molecule has 0 saturated carbocycles. The van der Waals surface area contributed by atoms with Crippen LogP contribution in [0.3, 0.4) is 0 Å². The average molecular weight is 278 g/mol. The van der Waals surface area contributed by atoms with E-state index in [0.717, 1.165) is 19.5 Å². The van der Waals surface area contributed by atoms with Gasteiger partial charge in [-0.25, -0.2) is 0 Å². The molecule has 18 heavy (non-hydrogen) atoms. The van der Waals surface area contributed by atoms with Gasteiger partial charge in [0.1, 0.15) is 0 Å². The Morgan fingerprint density at radius 3 is 2.61 bits per heavy atom. The smallest absolute Gasteiger partial charge is 0.225 e. The largest absolute Gasteiger partial charge is 0.355 e. The fourth-order valence-corrected chi connectivity index (χ4v) is 1.97. The number of hydrogen-bond acceptors (Lipinski definition) is 3. The molecule has 0 radical (unpaired) electrons. The molecule has 0 aromatic heterocycles. The molecule has 2 N–H and O–H groups in total. The zero-order chi connectivity index (χ0) is 12.7. The van der Waals surface area contributed by atoms with Gasteiger partial charge < -0.3 is 15.5 Å². The Morgan fingerprint density at radius 1 is 1.33 bits per heavy atom. The lowest BCUT2D eigenvalue weighted by atomic mass is 10.1. The predicted molar refractivity (Wildman–Crippen MR) is 73.8 cm³/mol. The summed E-state index contributed by atoms with van der Waals surface area (Å²) in [7, 11) is 0. The van der Waals surface area contributed by atoms with Crippen LogP contribution in [0.5, 0.6) is 0 Å². The van der Waals surface area contributed by atoms with Crippen molar-refractivity contribution >= 4 is 24.2 Å². The summed E-state index contributed by atoms with van der Waals surface area (Å²) in [4.78, 5) is 25.0. The van der Waals surface area contributed by atoms with Gasteiger partial charge in [0.25, 0.3) is 0 Å². The first kappa shape index (κ1) is 17.2. The predicted octanol–water partition coefficient (Wildman–Crippen LogP) is 0.392. The Hall–Kier alpha value is -0.810. The lowest BCUT2D eigenvalue weighted by Crippen LogP contribution is -2.37. The van der Waals surface area contributed by atoms with Crippen LogP contribution in [0.15, 0.2) is 0 Å². The Labute approximate surface area is 115 Å². The van der Waals surface area contributed by atoms with Crippen molar-refractivity contribution in [2.45, 2.75) is 26.7 Å². The second kappa shape index (κ2) is 9.16. The summed E-state index contributed by atoms with van der Waals surface area (Å²) >= 11 is 0. The van der Waals surface area contributed by atoms with Crippen LogP contribution in [0.4, 0.5) is 0 Å². The molecule has 2 amide bonds. The monoisotopic (exact) mass is 277 g/mol. The summed E-state index contributed by atoms with van der Waals surface area (Å²) < 4.78 is 0. The third kappa shape index (κ3) is 5.23. The fraction of sp³-hybridized carbons (Fsp3) is 0.833. The van der Waals surface area contributed by atoms with E-state index in [-0.39, 0.29) is 30.1 Å². The molecule has 0 bridgehead atoms. The minimum Gasteiger partial charge on any atom is -0.355 e. The minimum atomic E-state index is -0.159. The molecule has 0 aliphatic carbocycles. The molecule has 1 rings (SSSR count). The quantitative estimate of drug-likeness (QED) is 0.662. The van der Waals surface area contributed by atoms with Crippen LogP contribution in [0.25, 0.3) is 0 Å². The molecule has 1 fully saturated rings. The van der Waals surface area contributed by atoms with Gasteiger partial charge in [0, 0.05) is 32.6 Å². The van der Waals surface area contributed by atoms with E-state index >= 15 is 0 Å². The fourth-order valence-electron chi connectivity index (χ4n) is 1.97. The molecule has 1 atom stereocenters. The highest BCUT2D eigenvalue weighted by atomic mass is 35.5. The molecule has 0 spiro atoms. The minimum absolute atomic E-state index is 0. The van der Waals surface area contributed by atoms with Crippen LogP contribution in [0.1, 0.15) is 26.7 Å². The number of rotatable bonds is 7. The van der Waals surface area contributed by atoms with E-state index < -0.39 is 0 Å². The van der Waals surface area contributed by atoms with Crippen molar-refractivity contribution in [2.75, 3.05) is 32.7 Å². The zero-order valence-electron chi connectivity index (χ0n) is 11.2. The summed E-state index contributed by atoms with van der Waals surface area (Å²) in [6.07, 6.45) is 1.46. The Balaban J connectivity index is 0.00000289. The number of likely N-dealkylation sites (tertiary alicyclic amines) is 1. The van der Waals surface area contributed by atoms with E-state index in [1.54, 1.807) is 4.90 Å².